The van der Waals surface area contributed by atoms with Gasteiger partial charge in [-0.3, -0.25) is 91.3 Å². The SMILES string of the molecule is CC[C@H](C)[C@H](NC(=O)[C@H](Cc1c[nH]c2ccccc12)NC(=O)[C@H](CC(=O)O)NC(=O)[C@H](CCC(=O)O)NC(=O)[C@@H](NC(=O)[C@H](CC(N)=O)NC(=O)[C@H](CS)NC(=O)[C@H](CS)NC(=O)[C@H](CCCN=C(N)N)NC(=O)[C@H](CCCCN)NC(=O)[C@@H](N)CCC(N)=O)[C@@H](C)O)C(=O)N[C@H](C(=O)N[C@@H](CCSC)C(=O)N[C@@H](CCC(N)=O)C(=O)O)[C@@H](C)CC. The molecule has 2 rings (SSSR count). The molecule has 0 radical (unpaired) electrons. The lowest BCUT2D eigenvalue weighted by Crippen LogP contribution is -2.63. The molecule has 1 heterocycles. The van der Waals surface area contributed by atoms with Crippen LogP contribution >= 0.6 is 37.0 Å². The number of unbranched alkanes of at least 4 members (excludes halogenated alkanes) is 1. The summed E-state index contributed by atoms with van der Waals surface area (Å²) in [4.78, 5) is 263. The number of aliphatic hydroxyl groups is 1. The van der Waals surface area contributed by atoms with Crippen LogP contribution in [-0.4, -0.2) is 271 Å². The molecule has 0 saturated heterocycles. The number of aliphatic hydroxyl groups excluding tert-OH is 1. The number of nitrogens with one attached hydrogen (secondary N) is 14. The fraction of sp³-hybridized carbons (Fsp3) is 0.616. The molecule has 0 spiro atoms. The van der Waals surface area contributed by atoms with Crippen molar-refractivity contribution >= 4 is 166 Å². The Morgan fingerprint density at radius 1 is 0.446 bits per heavy atom. The average molecular weight is 1770 g/mol. The van der Waals surface area contributed by atoms with Gasteiger partial charge in [-0.1, -0.05) is 58.7 Å². The molecule has 0 fully saturated rings. The number of benzene rings is 1. The second-order valence-electron chi connectivity index (χ2n) is 28.7. The number of para-hydroxylation sites is 1. The number of rotatable bonds is 60. The molecule has 0 aliphatic rings. The molecule has 121 heavy (non-hydrogen) atoms. The number of nitrogens with two attached hydrogens (primary N) is 7. The van der Waals surface area contributed by atoms with Crippen LogP contribution in [0.15, 0.2) is 35.5 Å². The normalized spacial score (nSPS) is 15.3. The zero-order valence-corrected chi connectivity index (χ0v) is 70.7. The van der Waals surface area contributed by atoms with Crippen LogP contribution in [0.2, 0.25) is 0 Å². The third-order valence-electron chi connectivity index (χ3n) is 19.1. The lowest BCUT2D eigenvalue weighted by molar-refractivity contribution is -0.143. The van der Waals surface area contributed by atoms with Crippen molar-refractivity contribution in [2.75, 3.05) is 36.6 Å². The molecule has 0 unspecified atom stereocenters. The van der Waals surface area contributed by atoms with Crippen molar-refractivity contribution in [3.63, 3.8) is 0 Å². The summed E-state index contributed by atoms with van der Waals surface area (Å²) in [6.45, 7) is 7.68. The zero-order valence-electron chi connectivity index (χ0n) is 68.1. The first kappa shape index (κ1) is 106. The molecule has 45 nitrogen and oxygen atoms in total. The lowest BCUT2D eigenvalue weighted by atomic mass is 9.94. The second-order valence-corrected chi connectivity index (χ2v) is 30.4. The Morgan fingerprint density at radius 2 is 0.843 bits per heavy atom. The molecule has 1 aromatic carbocycles. The van der Waals surface area contributed by atoms with Gasteiger partial charge in [-0.15, -0.1) is 0 Å². The standard InChI is InChI=1S/C73H118N22O23S3/c1-7-34(3)56(69(114)86-44(24-27-121-6)63(108)87-45(72(117)118)19-22-52(77)98)94-70(115)57(35(4)8-2)93-65(110)46(28-37-31-82-40-15-10-9-14-38(37)40)88-64(109)48(30-55(102)103)90-62(107)43(20-23-54(100)101)85-71(116)58(36(5)96)95-66(111)47(29-53(78)99)89-67(112)49(32-119)92-68(113)50(33-120)91-61(106)42(17-13-26-81-73(79)80)84-60(105)41(16-11-12-25-74)83-59(104)39(75)18-21-51(76)97/h9-10,14-15,31,34-36,39,41-50,56-58,82,96,119-120H,7-8,11-13,16-30,32-33,74-75H2,1-6H3,(H2,76,97)(H2,77,98)(H2,78,99)(H,83,104)(H,84,105)(H,85,116)(H,86,114)(H,87,108)(H,88,109)(H,89,112)(H,90,107)(H,91,106)(H,92,113)(H,93,110)(H,94,115)(H,95,111)(H,100,101)(H,102,103)(H,117,118)(H4,79,80,81)/t34-,35-,36+,39-,41-,42-,43-,44-,45-,46-,47-,48-,49-,50-,56-,57-,58-/m0/s1. The Bertz CT molecular complexity index is 3950. The molecule has 48 heteroatoms. The molecular formula is C73H118N22O23S3. The number of hydrogen-bond acceptors (Lipinski definition) is 26. The highest BCUT2D eigenvalue weighted by Crippen LogP contribution is 2.21. The van der Waals surface area contributed by atoms with E-state index >= 15 is 0 Å². The first-order valence-electron chi connectivity index (χ1n) is 38.9. The van der Waals surface area contributed by atoms with Gasteiger partial charge in [0.15, 0.2) is 5.96 Å². The van der Waals surface area contributed by atoms with Crippen LogP contribution in [0.3, 0.4) is 0 Å². The summed E-state index contributed by atoms with van der Waals surface area (Å²) >= 11 is 9.65. The number of carboxylic acids is 3. The number of hydrogen-bond donors (Lipinski definition) is 27. The number of thioether (sulfide) groups is 1. The fourth-order valence-corrected chi connectivity index (χ4v) is 12.7. The van der Waals surface area contributed by atoms with Gasteiger partial charge in [0.05, 0.1) is 25.0 Å². The zero-order chi connectivity index (χ0) is 91.5. The number of aromatic nitrogens is 1. The summed E-state index contributed by atoms with van der Waals surface area (Å²) in [5.41, 5.74) is 39.4. The number of nitrogens with zero attached hydrogens (tertiary/aromatic N) is 1. The molecule has 2 aromatic rings. The summed E-state index contributed by atoms with van der Waals surface area (Å²) < 4.78 is 0. The van der Waals surface area contributed by atoms with Crippen LogP contribution in [0.1, 0.15) is 143 Å². The van der Waals surface area contributed by atoms with E-state index in [1.54, 1.807) is 58.2 Å². The molecule has 16 amide bonds. The number of aromatic amines is 1. The first-order valence-corrected chi connectivity index (χ1v) is 41.5. The third-order valence-corrected chi connectivity index (χ3v) is 20.5. The van der Waals surface area contributed by atoms with Crippen LogP contribution in [0, 0.1) is 11.8 Å². The Balaban J connectivity index is 2.56. The molecular weight excluding hydrogens is 1650 g/mol. The van der Waals surface area contributed by atoms with Crippen molar-refractivity contribution in [1.29, 1.82) is 0 Å². The summed E-state index contributed by atoms with van der Waals surface area (Å²) in [5, 5.41) is 72.4. The maximum absolute atomic E-state index is 15.0. The van der Waals surface area contributed by atoms with Crippen molar-refractivity contribution < 1.29 is 112 Å². The van der Waals surface area contributed by atoms with Gasteiger partial charge in [-0.25, -0.2) is 4.79 Å². The summed E-state index contributed by atoms with van der Waals surface area (Å²) in [6, 6.07) is -16.9. The molecule has 0 bridgehead atoms. The lowest BCUT2D eigenvalue weighted by Gasteiger charge is -2.31. The van der Waals surface area contributed by atoms with E-state index in [0.29, 0.717) is 29.3 Å². The van der Waals surface area contributed by atoms with Crippen molar-refractivity contribution in [1.82, 2.24) is 74.1 Å². The van der Waals surface area contributed by atoms with Gasteiger partial charge in [0.25, 0.3) is 0 Å². The van der Waals surface area contributed by atoms with E-state index in [2.05, 4.69) is 104 Å². The smallest absolute Gasteiger partial charge is 0.326 e. The second kappa shape index (κ2) is 54.9. The molecule has 0 saturated carbocycles. The number of amides is 16. The largest absolute Gasteiger partial charge is 0.481 e. The number of carbonyl (C=O) groups is 19. The number of carboxylic acid groups (broad SMARTS) is 3. The van der Waals surface area contributed by atoms with Gasteiger partial charge >= 0.3 is 17.9 Å². The molecule has 676 valence electrons. The quantitative estimate of drug-likeness (QED) is 0.0127. The van der Waals surface area contributed by atoms with Crippen molar-refractivity contribution in [3.05, 3.63) is 36.0 Å². The maximum atomic E-state index is 15.0. The number of primary amides is 3. The van der Waals surface area contributed by atoms with E-state index in [9.17, 15) is 112 Å². The Labute approximate surface area is 712 Å². The highest BCUT2D eigenvalue weighted by Gasteiger charge is 2.41. The number of carbonyl (C=O) groups excluding carboxylic acids is 16. The Hall–Kier alpha value is -11.1. The minimum atomic E-state index is -2.19. The summed E-state index contributed by atoms with van der Waals surface area (Å²) in [6.07, 6.45) is -3.38. The number of thiol groups is 2. The summed E-state index contributed by atoms with van der Waals surface area (Å²) in [7, 11) is 0. The van der Waals surface area contributed by atoms with E-state index < -0.39 is 265 Å². The third kappa shape index (κ3) is 38.4. The molecule has 32 N–H and O–H groups in total. The minimum Gasteiger partial charge on any atom is -0.481 e. The van der Waals surface area contributed by atoms with E-state index in [0.717, 1.165) is 6.92 Å². The van der Waals surface area contributed by atoms with Gasteiger partial charge in [0, 0.05) is 60.8 Å². The van der Waals surface area contributed by atoms with Gasteiger partial charge in [-0.2, -0.15) is 37.0 Å². The van der Waals surface area contributed by atoms with E-state index in [4.69, 9.17) is 40.1 Å². The molecule has 17 atom stereocenters. The van der Waals surface area contributed by atoms with Gasteiger partial charge in [0.1, 0.15) is 78.5 Å². The van der Waals surface area contributed by atoms with Crippen molar-refractivity contribution in [2.45, 2.75) is 234 Å². The van der Waals surface area contributed by atoms with E-state index in [-0.39, 0.29) is 82.6 Å². The Kier molecular flexibility index (Phi) is 48.1. The number of aliphatic carboxylic acids is 3. The highest BCUT2D eigenvalue weighted by molar-refractivity contribution is 7.98. The van der Waals surface area contributed by atoms with Crippen LogP contribution < -0.4 is 109 Å². The number of aliphatic imine (C=N–C) groups is 1. The predicted molar refractivity (Wildman–Crippen MR) is 447 cm³/mol. The van der Waals surface area contributed by atoms with E-state index in [1.165, 1.54) is 18.0 Å². The van der Waals surface area contributed by atoms with Crippen LogP contribution in [-0.2, 0) is 97.5 Å². The predicted octanol–water partition coefficient (Wildman–Crippen LogP) is -7.56. The van der Waals surface area contributed by atoms with Crippen LogP contribution in [0.25, 0.3) is 10.9 Å². The minimum absolute atomic E-state index is 0.00489. The monoisotopic (exact) mass is 1770 g/mol. The van der Waals surface area contributed by atoms with Gasteiger partial charge in [-0.05, 0) is 107 Å². The number of guanidine groups is 1. The highest BCUT2D eigenvalue weighted by atomic mass is 32.2. The average Bonchev–Trinajstić information content (AvgIpc) is 1.14. The molecule has 0 aliphatic heterocycles. The number of H-pyrrole nitrogens is 1. The fourth-order valence-electron chi connectivity index (χ4n) is 11.7. The topological polar surface area (TPSA) is 772 Å². The Morgan fingerprint density at radius 3 is 1.32 bits per heavy atom. The first-order chi connectivity index (χ1) is 57.0. The van der Waals surface area contributed by atoms with Crippen molar-refractivity contribution in [2.24, 2.45) is 57.0 Å². The molecule has 0 aliphatic carbocycles. The van der Waals surface area contributed by atoms with Gasteiger partial charge in [0.2, 0.25) is 94.5 Å². The summed E-state index contributed by atoms with van der Waals surface area (Å²) in [5.74, 6) is -24.7. The van der Waals surface area contributed by atoms with Crippen LogP contribution in [0.5, 0.6) is 0 Å². The van der Waals surface area contributed by atoms with Gasteiger partial charge < -0.3 is 135 Å². The maximum Gasteiger partial charge on any atom is 0.326 e. The van der Waals surface area contributed by atoms with E-state index in [1.807, 2.05) is 0 Å². The molecule has 1 aromatic heterocycles. The number of fused-ring (bicyclic) bond motifs is 1. The van der Waals surface area contributed by atoms with Crippen LogP contribution in [0.4, 0.5) is 0 Å². The van der Waals surface area contributed by atoms with Crippen molar-refractivity contribution in [3.8, 4) is 0 Å².